The fraction of sp³-hybridized carbons (Fsp3) is 1.00. The smallest absolute Gasteiger partial charge is 0.211 e. The van der Waals surface area contributed by atoms with Crippen molar-refractivity contribution in [3.63, 3.8) is 0 Å². The lowest BCUT2D eigenvalue weighted by atomic mass is 10.2. The third-order valence-corrected chi connectivity index (χ3v) is 5.07. The van der Waals surface area contributed by atoms with Crippen LogP contribution in [0.15, 0.2) is 0 Å². The summed E-state index contributed by atoms with van der Waals surface area (Å²) < 4.78 is 24.3. The Hall–Kier alpha value is -0.130. The lowest BCUT2D eigenvalue weighted by Crippen LogP contribution is -3.18. The van der Waals surface area contributed by atoms with Crippen LogP contribution in [0.3, 0.4) is 0 Å². The molecule has 1 aliphatic heterocycles. The molecule has 1 saturated heterocycles. The highest BCUT2D eigenvalue weighted by atomic mass is 32.2. The van der Waals surface area contributed by atoms with Crippen molar-refractivity contribution in [3.8, 4) is 0 Å². The average Bonchev–Trinajstić information content (AvgIpc) is 2.69. The topological polar surface area (TPSA) is 41.8 Å². The van der Waals surface area contributed by atoms with E-state index in [1.165, 1.54) is 31.9 Å². The Labute approximate surface area is 92.3 Å². The third kappa shape index (κ3) is 2.71. The zero-order valence-corrected chi connectivity index (χ0v) is 10.2. The Bertz CT molecular complexity index is 301. The molecule has 88 valence electrons. The summed E-state index contributed by atoms with van der Waals surface area (Å²) in [5, 5.41) is 0. The standard InChI is InChI=1S/C10H20N2O2S/c1-15(13,14)12-8-6-11(7-9-12)10-4-2-3-5-10/h10H,2-9H2,1H3/p+1. The quantitative estimate of drug-likeness (QED) is 0.671. The van der Waals surface area contributed by atoms with Gasteiger partial charge in [-0.15, -0.1) is 0 Å². The van der Waals surface area contributed by atoms with Crippen molar-refractivity contribution in [2.75, 3.05) is 32.4 Å². The SMILES string of the molecule is CS(=O)(=O)N1CC[NH+](C2CCCC2)CC1. The van der Waals surface area contributed by atoms with Gasteiger partial charge < -0.3 is 4.90 Å². The second kappa shape index (κ2) is 4.39. The number of hydrogen-bond donors (Lipinski definition) is 1. The van der Waals surface area contributed by atoms with Crippen LogP contribution in [0, 0.1) is 0 Å². The van der Waals surface area contributed by atoms with E-state index < -0.39 is 10.0 Å². The molecule has 0 spiro atoms. The van der Waals surface area contributed by atoms with Crippen LogP contribution in [0.5, 0.6) is 0 Å². The summed E-state index contributed by atoms with van der Waals surface area (Å²) in [5.74, 6) is 0. The second-order valence-electron chi connectivity index (χ2n) is 4.80. The van der Waals surface area contributed by atoms with Gasteiger partial charge in [-0.3, -0.25) is 0 Å². The first-order valence-electron chi connectivity index (χ1n) is 5.87. The Morgan fingerprint density at radius 1 is 1.13 bits per heavy atom. The molecule has 2 fully saturated rings. The van der Waals surface area contributed by atoms with Gasteiger partial charge in [0.05, 0.1) is 38.5 Å². The van der Waals surface area contributed by atoms with Gasteiger partial charge in [-0.2, -0.15) is 4.31 Å². The van der Waals surface area contributed by atoms with E-state index in [0.29, 0.717) is 13.1 Å². The first-order valence-corrected chi connectivity index (χ1v) is 7.72. The van der Waals surface area contributed by atoms with Crippen molar-refractivity contribution in [1.29, 1.82) is 0 Å². The van der Waals surface area contributed by atoms with Crippen LogP contribution in [0.2, 0.25) is 0 Å². The molecule has 0 radical (unpaired) electrons. The maximum absolute atomic E-state index is 11.3. The zero-order chi connectivity index (χ0) is 10.9. The van der Waals surface area contributed by atoms with E-state index in [4.69, 9.17) is 0 Å². The summed E-state index contributed by atoms with van der Waals surface area (Å²) in [7, 11) is -2.95. The molecule has 1 saturated carbocycles. The number of nitrogens with one attached hydrogen (secondary N) is 1. The van der Waals surface area contributed by atoms with E-state index >= 15 is 0 Å². The van der Waals surface area contributed by atoms with Gasteiger partial charge in [0.15, 0.2) is 0 Å². The zero-order valence-electron chi connectivity index (χ0n) is 9.41. The van der Waals surface area contributed by atoms with Crippen LogP contribution < -0.4 is 4.90 Å². The van der Waals surface area contributed by atoms with E-state index in [1.807, 2.05) is 0 Å². The molecule has 0 aromatic heterocycles. The van der Waals surface area contributed by atoms with Crippen LogP contribution in [0.25, 0.3) is 0 Å². The summed E-state index contributed by atoms with van der Waals surface area (Å²) in [6.45, 7) is 3.42. The first-order chi connectivity index (χ1) is 7.07. The number of sulfonamides is 1. The monoisotopic (exact) mass is 233 g/mol. The van der Waals surface area contributed by atoms with Crippen molar-refractivity contribution in [2.24, 2.45) is 0 Å². The van der Waals surface area contributed by atoms with Crippen LogP contribution in [0.4, 0.5) is 0 Å². The fourth-order valence-electron chi connectivity index (χ4n) is 2.85. The lowest BCUT2D eigenvalue weighted by Gasteiger charge is -2.34. The lowest BCUT2D eigenvalue weighted by molar-refractivity contribution is -0.928. The van der Waals surface area contributed by atoms with Crippen molar-refractivity contribution in [2.45, 2.75) is 31.7 Å². The van der Waals surface area contributed by atoms with Gasteiger partial charge in [-0.1, -0.05) is 0 Å². The van der Waals surface area contributed by atoms with E-state index in [9.17, 15) is 8.42 Å². The minimum atomic E-state index is -2.95. The highest BCUT2D eigenvalue weighted by Crippen LogP contribution is 2.15. The summed E-state index contributed by atoms with van der Waals surface area (Å²) in [4.78, 5) is 1.63. The Morgan fingerprint density at radius 2 is 1.67 bits per heavy atom. The Kier molecular flexibility index (Phi) is 3.33. The first kappa shape index (κ1) is 11.4. The molecule has 0 bridgehead atoms. The van der Waals surface area contributed by atoms with Crippen LogP contribution in [-0.2, 0) is 10.0 Å². The predicted molar refractivity (Wildman–Crippen MR) is 59.4 cm³/mol. The van der Waals surface area contributed by atoms with Gasteiger partial charge >= 0.3 is 0 Å². The van der Waals surface area contributed by atoms with E-state index in [1.54, 1.807) is 9.21 Å². The van der Waals surface area contributed by atoms with Crippen molar-refractivity contribution >= 4 is 10.0 Å². The van der Waals surface area contributed by atoms with E-state index in [-0.39, 0.29) is 0 Å². The molecule has 0 atom stereocenters. The summed E-state index contributed by atoms with van der Waals surface area (Å²) in [6.07, 6.45) is 6.73. The van der Waals surface area contributed by atoms with Crippen molar-refractivity contribution < 1.29 is 13.3 Å². The summed E-state index contributed by atoms with van der Waals surface area (Å²) >= 11 is 0. The molecule has 15 heavy (non-hydrogen) atoms. The molecule has 0 unspecified atom stereocenters. The van der Waals surface area contributed by atoms with Gasteiger partial charge in [0.25, 0.3) is 0 Å². The molecular formula is C10H21N2O2S+. The van der Waals surface area contributed by atoms with E-state index in [2.05, 4.69) is 0 Å². The van der Waals surface area contributed by atoms with Gasteiger partial charge in [0, 0.05) is 0 Å². The predicted octanol–water partition coefficient (Wildman–Crippen LogP) is -0.911. The molecule has 2 aliphatic rings. The molecule has 2 rings (SSSR count). The molecular weight excluding hydrogens is 212 g/mol. The van der Waals surface area contributed by atoms with Crippen molar-refractivity contribution in [3.05, 3.63) is 0 Å². The molecule has 4 nitrogen and oxygen atoms in total. The highest BCUT2D eigenvalue weighted by molar-refractivity contribution is 7.88. The molecule has 1 N–H and O–H groups in total. The molecule has 5 heteroatoms. The Morgan fingerprint density at radius 3 is 2.13 bits per heavy atom. The molecule has 0 aromatic rings. The molecule has 1 heterocycles. The minimum Gasteiger partial charge on any atom is -0.330 e. The number of rotatable bonds is 2. The molecule has 1 aliphatic carbocycles. The average molecular weight is 233 g/mol. The van der Waals surface area contributed by atoms with Gasteiger partial charge in [-0.25, -0.2) is 8.42 Å². The normalized spacial score (nSPS) is 27.3. The number of nitrogens with zero attached hydrogens (tertiary/aromatic N) is 1. The minimum absolute atomic E-state index is 0.713. The number of hydrogen-bond acceptors (Lipinski definition) is 2. The second-order valence-corrected chi connectivity index (χ2v) is 6.78. The maximum atomic E-state index is 11.3. The summed E-state index contributed by atoms with van der Waals surface area (Å²) in [6, 6.07) is 0.812. The van der Waals surface area contributed by atoms with Crippen LogP contribution >= 0.6 is 0 Å². The maximum Gasteiger partial charge on any atom is 0.211 e. The summed E-state index contributed by atoms with van der Waals surface area (Å²) in [5.41, 5.74) is 0. The van der Waals surface area contributed by atoms with Gasteiger partial charge in [0.2, 0.25) is 10.0 Å². The van der Waals surface area contributed by atoms with Gasteiger partial charge in [-0.05, 0) is 25.7 Å². The highest BCUT2D eigenvalue weighted by Gasteiger charge is 2.31. The molecule has 0 aromatic carbocycles. The van der Waals surface area contributed by atoms with E-state index in [0.717, 1.165) is 19.1 Å². The third-order valence-electron chi connectivity index (χ3n) is 3.77. The fourth-order valence-corrected chi connectivity index (χ4v) is 3.69. The van der Waals surface area contributed by atoms with Crippen molar-refractivity contribution in [1.82, 2.24) is 4.31 Å². The number of piperazine rings is 1. The largest absolute Gasteiger partial charge is 0.330 e. The Balaban J connectivity index is 1.86. The van der Waals surface area contributed by atoms with Gasteiger partial charge in [0.1, 0.15) is 0 Å². The van der Waals surface area contributed by atoms with Crippen LogP contribution in [-0.4, -0.2) is 51.2 Å². The number of quaternary nitrogens is 1. The molecule has 0 amide bonds. The van der Waals surface area contributed by atoms with Crippen LogP contribution in [0.1, 0.15) is 25.7 Å².